The van der Waals surface area contributed by atoms with Gasteiger partial charge in [-0.25, -0.2) is 0 Å². The highest BCUT2D eigenvalue weighted by molar-refractivity contribution is 7.99. The van der Waals surface area contributed by atoms with Crippen molar-refractivity contribution in [1.29, 1.82) is 0 Å². The average molecular weight is 369 g/mol. The number of hydrogen-bond acceptors (Lipinski definition) is 4. The molecule has 0 radical (unpaired) electrons. The van der Waals surface area contributed by atoms with E-state index >= 15 is 0 Å². The van der Waals surface area contributed by atoms with Crippen LogP contribution in [-0.2, 0) is 17.1 Å². The first-order chi connectivity index (χ1) is 12.6. The minimum atomic E-state index is 0.0544. The smallest absolute Gasteiger partial charge is 0.230 e. The molecule has 3 rings (SSSR count). The van der Waals surface area contributed by atoms with E-state index in [1.54, 1.807) is 18.0 Å². The molecule has 0 bridgehead atoms. The molecule has 0 aliphatic rings. The fourth-order valence-corrected chi connectivity index (χ4v) is 3.70. The number of thioether (sulfide) groups is 1. The summed E-state index contributed by atoms with van der Waals surface area (Å²) in [5, 5.41) is 7.53. The molecular weight excluding hydrogens is 346 g/mol. The number of amides is 1. The first-order valence-electron chi connectivity index (χ1n) is 8.61. The number of carbonyl (C=O) groups excluding carboxylic acids is 1. The van der Waals surface area contributed by atoms with Gasteiger partial charge in [-0.05, 0) is 31.5 Å². The zero-order valence-corrected chi connectivity index (χ0v) is 15.9. The van der Waals surface area contributed by atoms with E-state index in [1.807, 2.05) is 48.9 Å². The van der Waals surface area contributed by atoms with Gasteiger partial charge in [-0.2, -0.15) is 5.10 Å². The maximum absolute atomic E-state index is 12.0. The zero-order chi connectivity index (χ0) is 18.4. The summed E-state index contributed by atoms with van der Waals surface area (Å²) in [5.41, 5.74) is 4.24. The number of benzene rings is 1. The highest BCUT2D eigenvalue weighted by atomic mass is 32.2. The monoisotopic (exact) mass is 369 g/mol. The predicted molar refractivity (Wildman–Crippen MR) is 105 cm³/mol. The molecule has 1 N–H and O–H groups in total. The summed E-state index contributed by atoms with van der Waals surface area (Å²) in [6.07, 6.45) is 1.67. The van der Waals surface area contributed by atoms with Crippen molar-refractivity contribution in [3.63, 3.8) is 0 Å². The van der Waals surface area contributed by atoms with Crippen LogP contribution in [-0.4, -0.2) is 28.0 Å². The molecule has 0 unspecified atom stereocenters. The van der Waals surface area contributed by atoms with Crippen molar-refractivity contribution >= 4 is 17.7 Å². The highest BCUT2D eigenvalue weighted by Gasteiger charge is 2.15. The SMILES string of the molecule is Cc1nn(CCNC(=O)CSCc2ccccc2)c(C)c1-c1ccco1. The number of aromatic nitrogens is 2. The Labute approximate surface area is 157 Å². The summed E-state index contributed by atoms with van der Waals surface area (Å²) < 4.78 is 7.41. The molecule has 0 aliphatic heterocycles. The van der Waals surface area contributed by atoms with Crippen LogP contribution in [0.15, 0.2) is 53.1 Å². The van der Waals surface area contributed by atoms with Gasteiger partial charge in [0.1, 0.15) is 5.76 Å². The third-order valence-corrected chi connectivity index (χ3v) is 5.14. The van der Waals surface area contributed by atoms with Crippen LogP contribution in [0.3, 0.4) is 0 Å². The summed E-state index contributed by atoms with van der Waals surface area (Å²) in [6, 6.07) is 14.0. The molecule has 6 heteroatoms. The number of nitrogens with zero attached hydrogens (tertiary/aromatic N) is 2. The van der Waals surface area contributed by atoms with Gasteiger partial charge in [0.05, 0.1) is 29.8 Å². The quantitative estimate of drug-likeness (QED) is 0.656. The van der Waals surface area contributed by atoms with Gasteiger partial charge in [0.15, 0.2) is 0 Å². The van der Waals surface area contributed by atoms with Crippen LogP contribution in [0.25, 0.3) is 11.3 Å². The number of nitrogens with one attached hydrogen (secondary N) is 1. The summed E-state index contributed by atoms with van der Waals surface area (Å²) in [5.74, 6) is 2.19. The van der Waals surface area contributed by atoms with Crippen molar-refractivity contribution < 1.29 is 9.21 Å². The highest BCUT2D eigenvalue weighted by Crippen LogP contribution is 2.26. The van der Waals surface area contributed by atoms with Crippen molar-refractivity contribution in [1.82, 2.24) is 15.1 Å². The first-order valence-corrected chi connectivity index (χ1v) is 9.77. The van der Waals surface area contributed by atoms with Crippen LogP contribution in [0.1, 0.15) is 17.0 Å². The molecule has 2 heterocycles. The van der Waals surface area contributed by atoms with Crippen molar-refractivity contribution in [3.8, 4) is 11.3 Å². The average Bonchev–Trinajstić information content (AvgIpc) is 3.24. The Morgan fingerprint density at radius 1 is 1.19 bits per heavy atom. The molecule has 0 saturated heterocycles. The van der Waals surface area contributed by atoms with E-state index in [0.717, 1.165) is 28.5 Å². The lowest BCUT2D eigenvalue weighted by molar-refractivity contribution is -0.118. The topological polar surface area (TPSA) is 60.1 Å². The molecule has 2 aromatic heterocycles. The molecule has 0 aliphatic carbocycles. The van der Waals surface area contributed by atoms with E-state index in [4.69, 9.17) is 4.42 Å². The fraction of sp³-hybridized carbons (Fsp3) is 0.300. The molecule has 0 spiro atoms. The van der Waals surface area contributed by atoms with E-state index < -0.39 is 0 Å². The molecule has 1 amide bonds. The van der Waals surface area contributed by atoms with Gasteiger partial charge < -0.3 is 9.73 Å². The van der Waals surface area contributed by atoms with Gasteiger partial charge in [-0.15, -0.1) is 11.8 Å². The summed E-state index contributed by atoms with van der Waals surface area (Å²) in [6.45, 7) is 5.20. The van der Waals surface area contributed by atoms with Gasteiger partial charge in [-0.3, -0.25) is 9.48 Å². The van der Waals surface area contributed by atoms with E-state index in [-0.39, 0.29) is 5.91 Å². The number of hydrogen-bond donors (Lipinski definition) is 1. The molecule has 0 fully saturated rings. The molecule has 0 saturated carbocycles. The number of rotatable bonds is 8. The van der Waals surface area contributed by atoms with Crippen molar-refractivity contribution in [3.05, 3.63) is 65.7 Å². The Kier molecular flexibility index (Phi) is 6.17. The maximum Gasteiger partial charge on any atom is 0.230 e. The fourth-order valence-electron chi connectivity index (χ4n) is 2.88. The minimum absolute atomic E-state index is 0.0544. The summed E-state index contributed by atoms with van der Waals surface area (Å²) in [4.78, 5) is 12.0. The van der Waals surface area contributed by atoms with Gasteiger partial charge >= 0.3 is 0 Å². The van der Waals surface area contributed by atoms with Gasteiger partial charge in [-0.1, -0.05) is 30.3 Å². The molecule has 1 aromatic carbocycles. The Bertz CT molecular complexity index is 842. The molecule has 3 aromatic rings. The van der Waals surface area contributed by atoms with Gasteiger partial charge in [0.25, 0.3) is 0 Å². The molecule has 136 valence electrons. The standard InChI is InChI=1S/C20H23N3O2S/c1-15-20(18-9-6-12-25-18)16(2)23(22-15)11-10-21-19(24)14-26-13-17-7-4-3-5-8-17/h3-9,12H,10-11,13-14H2,1-2H3,(H,21,24). The van der Waals surface area contributed by atoms with Gasteiger partial charge in [0.2, 0.25) is 5.91 Å². The second-order valence-electron chi connectivity index (χ2n) is 6.07. The minimum Gasteiger partial charge on any atom is -0.464 e. The Morgan fingerprint density at radius 2 is 2.00 bits per heavy atom. The van der Waals surface area contributed by atoms with Crippen molar-refractivity contribution in [2.24, 2.45) is 0 Å². The third-order valence-electron chi connectivity index (χ3n) is 4.14. The maximum atomic E-state index is 12.0. The Balaban J connectivity index is 1.45. The van der Waals surface area contributed by atoms with Crippen molar-refractivity contribution in [2.45, 2.75) is 26.1 Å². The van der Waals surface area contributed by atoms with Crippen LogP contribution in [0.2, 0.25) is 0 Å². The lowest BCUT2D eigenvalue weighted by Gasteiger charge is -2.07. The predicted octanol–water partition coefficient (Wildman–Crippen LogP) is 3.81. The van der Waals surface area contributed by atoms with Crippen LogP contribution in [0.4, 0.5) is 0 Å². The van der Waals surface area contributed by atoms with Crippen LogP contribution >= 0.6 is 11.8 Å². The van der Waals surface area contributed by atoms with Crippen LogP contribution in [0.5, 0.6) is 0 Å². The third kappa shape index (κ3) is 4.58. The molecule has 0 atom stereocenters. The second-order valence-corrected chi connectivity index (χ2v) is 7.06. The zero-order valence-electron chi connectivity index (χ0n) is 15.1. The second kappa shape index (κ2) is 8.76. The lowest BCUT2D eigenvalue weighted by atomic mass is 10.1. The first kappa shape index (κ1) is 18.3. The van der Waals surface area contributed by atoms with E-state index in [0.29, 0.717) is 18.8 Å². The van der Waals surface area contributed by atoms with E-state index in [9.17, 15) is 4.79 Å². The normalized spacial score (nSPS) is 10.8. The van der Waals surface area contributed by atoms with Gasteiger partial charge in [0, 0.05) is 18.0 Å². The number of aryl methyl sites for hydroxylation is 1. The molecule has 5 nitrogen and oxygen atoms in total. The summed E-state index contributed by atoms with van der Waals surface area (Å²) in [7, 11) is 0. The lowest BCUT2D eigenvalue weighted by Crippen LogP contribution is -2.29. The molecule has 26 heavy (non-hydrogen) atoms. The number of carbonyl (C=O) groups is 1. The van der Waals surface area contributed by atoms with E-state index in [2.05, 4.69) is 22.5 Å². The molecular formula is C20H23N3O2S. The van der Waals surface area contributed by atoms with Crippen LogP contribution in [0, 0.1) is 13.8 Å². The Morgan fingerprint density at radius 3 is 2.73 bits per heavy atom. The number of furan rings is 1. The van der Waals surface area contributed by atoms with Crippen LogP contribution < -0.4 is 5.32 Å². The Hall–Kier alpha value is -2.47. The largest absolute Gasteiger partial charge is 0.464 e. The summed E-state index contributed by atoms with van der Waals surface area (Å²) >= 11 is 1.62. The van der Waals surface area contributed by atoms with Crippen molar-refractivity contribution in [2.75, 3.05) is 12.3 Å². The van der Waals surface area contributed by atoms with E-state index in [1.165, 1.54) is 5.56 Å².